The topological polar surface area (TPSA) is 75.2 Å². The molecule has 1 saturated heterocycles. The van der Waals surface area contributed by atoms with Gasteiger partial charge in [0, 0.05) is 19.1 Å². The predicted octanol–water partition coefficient (Wildman–Crippen LogP) is 1.85. The Labute approximate surface area is 134 Å². The van der Waals surface area contributed by atoms with Gasteiger partial charge in [0.2, 0.25) is 10.0 Å². The number of sulfonamides is 1. The van der Waals surface area contributed by atoms with E-state index in [1.54, 1.807) is 17.7 Å². The van der Waals surface area contributed by atoms with Crippen LogP contribution in [0.3, 0.4) is 0 Å². The second kappa shape index (κ2) is 6.10. The second-order valence-electron chi connectivity index (χ2n) is 5.78. The molecule has 3 rings (SSSR count). The highest BCUT2D eigenvalue weighted by molar-refractivity contribution is 7.88. The van der Waals surface area contributed by atoms with Crippen molar-refractivity contribution in [2.45, 2.75) is 25.8 Å². The van der Waals surface area contributed by atoms with Crippen molar-refractivity contribution in [3.05, 3.63) is 17.8 Å². The van der Waals surface area contributed by atoms with Crippen LogP contribution in [0.25, 0.3) is 10.2 Å². The third-order valence-corrected chi connectivity index (χ3v) is 5.62. The third kappa shape index (κ3) is 3.23. The van der Waals surface area contributed by atoms with Gasteiger partial charge in [0.1, 0.15) is 12.1 Å². The van der Waals surface area contributed by atoms with Gasteiger partial charge in [0.15, 0.2) is 0 Å². The van der Waals surface area contributed by atoms with Gasteiger partial charge < -0.3 is 4.90 Å². The third-order valence-electron chi connectivity index (χ3n) is 3.99. The van der Waals surface area contributed by atoms with Crippen molar-refractivity contribution in [2.24, 2.45) is 5.92 Å². The summed E-state index contributed by atoms with van der Waals surface area (Å²) in [5.41, 5.74) is 0.946. The van der Waals surface area contributed by atoms with E-state index in [0.717, 1.165) is 35.4 Å². The molecular formula is C14H20N4O2S2. The first-order valence-corrected chi connectivity index (χ1v) is 10.2. The summed E-state index contributed by atoms with van der Waals surface area (Å²) in [6.07, 6.45) is 4.85. The maximum atomic E-state index is 11.6. The molecule has 0 bridgehead atoms. The van der Waals surface area contributed by atoms with Gasteiger partial charge >= 0.3 is 0 Å². The molecule has 2 aromatic heterocycles. The van der Waals surface area contributed by atoms with Gasteiger partial charge in [-0.3, -0.25) is 0 Å². The Kier molecular flexibility index (Phi) is 4.33. The van der Waals surface area contributed by atoms with Gasteiger partial charge in [-0.25, -0.2) is 23.1 Å². The number of fused-ring (bicyclic) bond motifs is 1. The summed E-state index contributed by atoms with van der Waals surface area (Å²) in [5.74, 6) is 1.23. The van der Waals surface area contributed by atoms with Crippen LogP contribution in [-0.4, -0.2) is 43.8 Å². The van der Waals surface area contributed by atoms with E-state index >= 15 is 0 Å². The average Bonchev–Trinajstić information content (AvgIpc) is 3.04. The van der Waals surface area contributed by atoms with Gasteiger partial charge in [-0.2, -0.15) is 0 Å². The van der Waals surface area contributed by atoms with Gasteiger partial charge in [-0.1, -0.05) is 13.3 Å². The van der Waals surface area contributed by atoms with Crippen molar-refractivity contribution >= 4 is 37.4 Å². The van der Waals surface area contributed by atoms with E-state index in [1.165, 1.54) is 6.26 Å². The van der Waals surface area contributed by atoms with Crippen LogP contribution in [-0.2, 0) is 10.0 Å². The highest BCUT2D eigenvalue weighted by Gasteiger charge is 2.35. The summed E-state index contributed by atoms with van der Waals surface area (Å²) in [4.78, 5) is 10.9. The number of anilines is 1. The first-order chi connectivity index (χ1) is 10.5. The molecule has 0 spiro atoms. The molecule has 22 heavy (non-hydrogen) atoms. The van der Waals surface area contributed by atoms with E-state index in [2.05, 4.69) is 26.5 Å². The first kappa shape index (κ1) is 15.6. The van der Waals surface area contributed by atoms with Crippen molar-refractivity contribution in [3.63, 3.8) is 0 Å². The Morgan fingerprint density at radius 3 is 2.95 bits per heavy atom. The molecule has 0 aliphatic carbocycles. The van der Waals surface area contributed by atoms with Crippen molar-refractivity contribution in [1.29, 1.82) is 0 Å². The summed E-state index contributed by atoms with van der Waals surface area (Å²) < 4.78 is 27.0. The standard InChI is InChI=1S/C14H20N4O2S2/c1-3-4-10-7-18(8-12(10)17-22(2,19)20)14-13-11(5-6-21-13)15-9-16-14/h5-6,9-10,12,17H,3-4,7-8H2,1-2H3/t10-,12-/m1/s1. The summed E-state index contributed by atoms with van der Waals surface area (Å²) in [5, 5.41) is 2.01. The number of aromatic nitrogens is 2. The zero-order valence-electron chi connectivity index (χ0n) is 12.7. The number of rotatable bonds is 5. The zero-order valence-corrected chi connectivity index (χ0v) is 14.3. The fraction of sp³-hybridized carbons (Fsp3) is 0.571. The smallest absolute Gasteiger partial charge is 0.209 e. The zero-order chi connectivity index (χ0) is 15.7. The highest BCUT2D eigenvalue weighted by Crippen LogP contribution is 2.32. The molecule has 1 fully saturated rings. The van der Waals surface area contributed by atoms with Crippen LogP contribution in [0.4, 0.5) is 5.82 Å². The molecule has 3 heterocycles. The van der Waals surface area contributed by atoms with Crippen molar-refractivity contribution in [1.82, 2.24) is 14.7 Å². The average molecular weight is 340 g/mol. The van der Waals surface area contributed by atoms with E-state index in [0.29, 0.717) is 12.5 Å². The molecule has 1 N–H and O–H groups in total. The van der Waals surface area contributed by atoms with E-state index < -0.39 is 10.0 Å². The van der Waals surface area contributed by atoms with Crippen LogP contribution in [0, 0.1) is 5.92 Å². The van der Waals surface area contributed by atoms with Crippen LogP contribution in [0.1, 0.15) is 19.8 Å². The fourth-order valence-corrected chi connectivity index (χ4v) is 4.80. The number of hydrogen-bond donors (Lipinski definition) is 1. The van der Waals surface area contributed by atoms with Crippen LogP contribution >= 0.6 is 11.3 Å². The number of nitrogens with one attached hydrogen (secondary N) is 1. The normalized spacial score (nSPS) is 22.5. The molecule has 1 aliphatic rings. The largest absolute Gasteiger partial charge is 0.353 e. The van der Waals surface area contributed by atoms with Crippen LogP contribution in [0.5, 0.6) is 0 Å². The molecule has 0 amide bonds. The molecule has 2 aromatic rings. The molecular weight excluding hydrogens is 320 g/mol. The summed E-state index contributed by atoms with van der Waals surface area (Å²) in [7, 11) is -3.20. The lowest BCUT2D eigenvalue weighted by Gasteiger charge is -2.17. The summed E-state index contributed by atoms with van der Waals surface area (Å²) in [6, 6.07) is 1.93. The molecule has 0 unspecified atom stereocenters. The van der Waals surface area contributed by atoms with Crippen molar-refractivity contribution in [2.75, 3.05) is 24.2 Å². The minimum absolute atomic E-state index is 0.0556. The highest BCUT2D eigenvalue weighted by atomic mass is 32.2. The number of hydrogen-bond acceptors (Lipinski definition) is 6. The molecule has 0 aromatic carbocycles. The lowest BCUT2D eigenvalue weighted by molar-refractivity contribution is 0.442. The van der Waals surface area contributed by atoms with Gasteiger partial charge in [0.05, 0.1) is 16.5 Å². The molecule has 120 valence electrons. The van der Waals surface area contributed by atoms with Crippen LogP contribution in [0.2, 0.25) is 0 Å². The lowest BCUT2D eigenvalue weighted by Crippen LogP contribution is -2.39. The summed E-state index contributed by atoms with van der Waals surface area (Å²) >= 11 is 1.62. The van der Waals surface area contributed by atoms with E-state index in [-0.39, 0.29) is 6.04 Å². The van der Waals surface area contributed by atoms with Crippen molar-refractivity contribution in [3.8, 4) is 0 Å². The maximum absolute atomic E-state index is 11.6. The molecule has 1 aliphatic heterocycles. The monoisotopic (exact) mass is 340 g/mol. The lowest BCUT2D eigenvalue weighted by atomic mass is 9.99. The Morgan fingerprint density at radius 2 is 2.23 bits per heavy atom. The molecule has 0 saturated carbocycles. The second-order valence-corrected chi connectivity index (χ2v) is 8.48. The van der Waals surface area contributed by atoms with Gasteiger partial charge in [0.25, 0.3) is 0 Å². The Hall–Kier alpha value is -1.25. The van der Waals surface area contributed by atoms with Gasteiger partial charge in [-0.15, -0.1) is 11.3 Å². The van der Waals surface area contributed by atoms with E-state index in [1.807, 2.05) is 11.4 Å². The maximum Gasteiger partial charge on any atom is 0.209 e. The summed E-state index contributed by atoms with van der Waals surface area (Å²) in [6.45, 7) is 3.61. The minimum Gasteiger partial charge on any atom is -0.353 e. The Balaban J connectivity index is 1.88. The number of thiophene rings is 1. The SMILES string of the molecule is CCC[C@@H]1CN(c2ncnc3ccsc23)C[C@H]1NS(C)(=O)=O. The van der Waals surface area contributed by atoms with Crippen LogP contribution < -0.4 is 9.62 Å². The predicted molar refractivity (Wildman–Crippen MR) is 89.8 cm³/mol. The molecule has 6 nitrogen and oxygen atoms in total. The van der Waals surface area contributed by atoms with Gasteiger partial charge in [-0.05, 0) is 23.8 Å². The van der Waals surface area contributed by atoms with Crippen LogP contribution in [0.15, 0.2) is 17.8 Å². The van der Waals surface area contributed by atoms with E-state index in [4.69, 9.17) is 0 Å². The Morgan fingerprint density at radius 1 is 1.41 bits per heavy atom. The Bertz CT molecular complexity index is 759. The van der Waals surface area contributed by atoms with E-state index in [9.17, 15) is 8.42 Å². The fourth-order valence-electron chi connectivity index (χ4n) is 3.12. The number of nitrogens with zero attached hydrogens (tertiary/aromatic N) is 3. The molecule has 0 radical (unpaired) electrons. The minimum atomic E-state index is -3.20. The van der Waals surface area contributed by atoms with Crippen molar-refractivity contribution < 1.29 is 8.42 Å². The first-order valence-electron chi connectivity index (χ1n) is 7.38. The molecule has 8 heteroatoms. The molecule has 2 atom stereocenters. The quantitative estimate of drug-likeness (QED) is 0.899.